The minimum atomic E-state index is -0.226. The van der Waals surface area contributed by atoms with Crippen LogP contribution in [0.4, 0.5) is 0 Å². The fourth-order valence-electron chi connectivity index (χ4n) is 1.76. The van der Waals surface area contributed by atoms with E-state index in [-0.39, 0.29) is 11.9 Å². The van der Waals surface area contributed by atoms with Crippen LogP contribution in [0.2, 0.25) is 5.02 Å². The Morgan fingerprint density at radius 3 is 2.61 bits per heavy atom. The molecule has 0 aliphatic rings. The van der Waals surface area contributed by atoms with E-state index in [0.717, 1.165) is 5.56 Å². The molecule has 1 amide bonds. The van der Waals surface area contributed by atoms with Crippen molar-refractivity contribution in [1.82, 2.24) is 15.1 Å². The van der Waals surface area contributed by atoms with Crippen LogP contribution in [0.3, 0.4) is 0 Å². The Balaban J connectivity index is 2.13. The van der Waals surface area contributed by atoms with E-state index in [1.807, 2.05) is 37.3 Å². The second kappa shape index (κ2) is 5.23. The lowest BCUT2D eigenvalue weighted by Crippen LogP contribution is -2.28. The molecule has 2 aromatic rings. The molecule has 5 heteroatoms. The molecule has 0 radical (unpaired) electrons. The normalized spacial score (nSPS) is 12.2. The Morgan fingerprint density at radius 1 is 1.39 bits per heavy atom. The highest BCUT2D eigenvalue weighted by Gasteiger charge is 2.17. The zero-order valence-corrected chi connectivity index (χ0v) is 11.0. The molecule has 18 heavy (non-hydrogen) atoms. The average Bonchev–Trinajstić information content (AvgIpc) is 2.70. The van der Waals surface area contributed by atoms with Crippen molar-refractivity contribution < 1.29 is 4.79 Å². The number of amides is 1. The largest absolute Gasteiger partial charge is 0.344 e. The van der Waals surface area contributed by atoms with E-state index < -0.39 is 0 Å². The summed E-state index contributed by atoms with van der Waals surface area (Å²) < 4.78 is 1.47. The number of halogens is 1. The molecule has 1 atom stereocenters. The maximum Gasteiger partial charge on any atom is 0.271 e. The van der Waals surface area contributed by atoms with E-state index >= 15 is 0 Å². The monoisotopic (exact) mass is 263 g/mol. The minimum Gasteiger partial charge on any atom is -0.344 e. The minimum absolute atomic E-state index is 0.0790. The summed E-state index contributed by atoms with van der Waals surface area (Å²) in [5, 5.41) is 7.19. The van der Waals surface area contributed by atoms with Gasteiger partial charge in [0, 0.05) is 7.05 Å². The van der Waals surface area contributed by atoms with Crippen LogP contribution in [0, 0.1) is 0 Å². The van der Waals surface area contributed by atoms with Crippen molar-refractivity contribution in [1.29, 1.82) is 0 Å². The van der Waals surface area contributed by atoms with Crippen molar-refractivity contribution in [2.24, 2.45) is 7.05 Å². The zero-order chi connectivity index (χ0) is 13.1. The number of nitrogens with one attached hydrogen (secondary N) is 1. The lowest BCUT2D eigenvalue weighted by molar-refractivity contribution is 0.0930. The van der Waals surface area contributed by atoms with E-state index in [1.165, 1.54) is 10.9 Å². The van der Waals surface area contributed by atoms with Gasteiger partial charge in [0.15, 0.2) is 0 Å². The molecule has 0 saturated carbocycles. The number of benzene rings is 1. The second-order valence-electron chi connectivity index (χ2n) is 4.07. The van der Waals surface area contributed by atoms with E-state index in [9.17, 15) is 4.79 Å². The van der Waals surface area contributed by atoms with Gasteiger partial charge in [-0.25, -0.2) is 0 Å². The molecular weight excluding hydrogens is 250 g/mol. The number of hydrogen-bond donors (Lipinski definition) is 1. The summed E-state index contributed by atoms with van der Waals surface area (Å²) >= 11 is 5.93. The van der Waals surface area contributed by atoms with E-state index in [4.69, 9.17) is 11.6 Å². The molecule has 0 saturated heterocycles. The highest BCUT2D eigenvalue weighted by Crippen LogP contribution is 2.16. The van der Waals surface area contributed by atoms with Crippen molar-refractivity contribution in [3.63, 3.8) is 0 Å². The van der Waals surface area contributed by atoms with E-state index in [2.05, 4.69) is 10.4 Å². The first-order valence-electron chi connectivity index (χ1n) is 5.63. The molecule has 1 heterocycles. The predicted molar refractivity (Wildman–Crippen MR) is 70.5 cm³/mol. The van der Waals surface area contributed by atoms with Gasteiger partial charge >= 0.3 is 0 Å². The first-order chi connectivity index (χ1) is 8.59. The number of aromatic nitrogens is 2. The summed E-state index contributed by atoms with van der Waals surface area (Å²) in [7, 11) is 1.69. The molecule has 0 fully saturated rings. The molecule has 4 nitrogen and oxygen atoms in total. The van der Waals surface area contributed by atoms with Gasteiger partial charge in [-0.2, -0.15) is 5.10 Å². The van der Waals surface area contributed by atoms with Gasteiger partial charge in [0.1, 0.15) is 5.69 Å². The number of carbonyl (C=O) groups excluding carboxylic acids is 1. The maximum atomic E-state index is 12.1. The first-order valence-corrected chi connectivity index (χ1v) is 6.00. The second-order valence-corrected chi connectivity index (χ2v) is 4.48. The van der Waals surface area contributed by atoms with Gasteiger partial charge < -0.3 is 5.32 Å². The number of carbonyl (C=O) groups is 1. The van der Waals surface area contributed by atoms with Crippen LogP contribution >= 0.6 is 11.6 Å². The van der Waals surface area contributed by atoms with Crippen molar-refractivity contribution in [2.45, 2.75) is 13.0 Å². The molecule has 0 unspecified atom stereocenters. The molecule has 0 aliphatic heterocycles. The van der Waals surface area contributed by atoms with Gasteiger partial charge in [0.2, 0.25) is 0 Å². The third-order valence-electron chi connectivity index (χ3n) is 2.76. The summed E-state index contributed by atoms with van der Waals surface area (Å²) in [6.07, 6.45) is 1.46. The zero-order valence-electron chi connectivity index (χ0n) is 10.2. The highest BCUT2D eigenvalue weighted by atomic mass is 35.5. The molecule has 94 valence electrons. The summed E-state index contributed by atoms with van der Waals surface area (Å²) in [6.45, 7) is 1.93. The lowest BCUT2D eigenvalue weighted by Gasteiger charge is -2.14. The maximum absolute atomic E-state index is 12.1. The van der Waals surface area contributed by atoms with Gasteiger partial charge in [-0.05, 0) is 12.5 Å². The quantitative estimate of drug-likeness (QED) is 0.925. The van der Waals surface area contributed by atoms with Crippen LogP contribution in [0.1, 0.15) is 29.0 Å². The van der Waals surface area contributed by atoms with Crippen molar-refractivity contribution >= 4 is 17.5 Å². The Morgan fingerprint density at radius 2 is 2.06 bits per heavy atom. The number of aryl methyl sites for hydroxylation is 1. The Hall–Kier alpha value is -1.81. The topological polar surface area (TPSA) is 46.9 Å². The number of nitrogens with zero attached hydrogens (tertiary/aromatic N) is 2. The van der Waals surface area contributed by atoms with Crippen molar-refractivity contribution in [2.75, 3.05) is 0 Å². The van der Waals surface area contributed by atoms with Crippen LogP contribution in [0.25, 0.3) is 0 Å². The van der Waals surface area contributed by atoms with E-state index in [0.29, 0.717) is 10.7 Å². The van der Waals surface area contributed by atoms with Crippen LogP contribution in [-0.4, -0.2) is 15.7 Å². The molecular formula is C13H14ClN3O. The molecule has 0 aliphatic carbocycles. The summed E-state index contributed by atoms with van der Waals surface area (Å²) in [4.78, 5) is 12.1. The Labute approximate surface area is 111 Å². The molecule has 1 N–H and O–H groups in total. The fraction of sp³-hybridized carbons (Fsp3) is 0.231. The van der Waals surface area contributed by atoms with Crippen molar-refractivity contribution in [3.8, 4) is 0 Å². The molecule has 1 aromatic heterocycles. The summed E-state index contributed by atoms with van der Waals surface area (Å²) in [6, 6.07) is 9.68. The molecule has 1 aromatic carbocycles. The van der Waals surface area contributed by atoms with Crippen molar-refractivity contribution in [3.05, 3.63) is 52.8 Å². The first kappa shape index (κ1) is 12.6. The Kier molecular flexibility index (Phi) is 3.67. The van der Waals surface area contributed by atoms with Gasteiger partial charge in [0.05, 0.1) is 17.3 Å². The van der Waals surface area contributed by atoms with Gasteiger partial charge in [-0.15, -0.1) is 0 Å². The van der Waals surface area contributed by atoms with Crippen LogP contribution in [0.5, 0.6) is 0 Å². The molecule has 0 spiro atoms. The lowest BCUT2D eigenvalue weighted by atomic mass is 10.1. The smallest absolute Gasteiger partial charge is 0.271 e. The van der Waals surface area contributed by atoms with E-state index in [1.54, 1.807) is 7.05 Å². The molecule has 2 rings (SSSR count). The molecule has 0 bridgehead atoms. The van der Waals surface area contributed by atoms with Crippen LogP contribution in [-0.2, 0) is 7.05 Å². The van der Waals surface area contributed by atoms with Gasteiger partial charge in [-0.3, -0.25) is 9.48 Å². The summed E-state index contributed by atoms with van der Waals surface area (Å²) in [5.41, 5.74) is 1.42. The number of hydrogen-bond acceptors (Lipinski definition) is 2. The third-order valence-corrected chi connectivity index (χ3v) is 3.03. The third kappa shape index (κ3) is 2.54. The van der Waals surface area contributed by atoms with Gasteiger partial charge in [-0.1, -0.05) is 41.9 Å². The average molecular weight is 264 g/mol. The number of rotatable bonds is 3. The SMILES string of the molecule is C[C@@H](NC(=O)c1c(Cl)cnn1C)c1ccccc1. The summed E-state index contributed by atoms with van der Waals surface area (Å²) in [5.74, 6) is -0.226. The highest BCUT2D eigenvalue weighted by molar-refractivity contribution is 6.33. The fourth-order valence-corrected chi connectivity index (χ4v) is 2.01. The van der Waals surface area contributed by atoms with Gasteiger partial charge in [0.25, 0.3) is 5.91 Å². The predicted octanol–water partition coefficient (Wildman–Crippen LogP) is 2.56. The van der Waals surface area contributed by atoms with Crippen LogP contribution < -0.4 is 5.32 Å². The van der Waals surface area contributed by atoms with Crippen LogP contribution in [0.15, 0.2) is 36.5 Å². The standard InChI is InChI=1S/C13H14ClN3O/c1-9(10-6-4-3-5-7-10)16-13(18)12-11(14)8-15-17(12)2/h3-9H,1-2H3,(H,16,18)/t9-/m1/s1. The Bertz CT molecular complexity index is 531.